The van der Waals surface area contributed by atoms with E-state index < -0.39 is 40.8 Å². The Morgan fingerprint density at radius 2 is 1.55 bits per heavy atom. The number of hydrogen-bond acceptors (Lipinski definition) is 5. The molecule has 0 fully saturated rings. The number of oxime groups is 1. The zero-order valence-corrected chi connectivity index (χ0v) is 14.1. The molecule has 1 heterocycles. The lowest BCUT2D eigenvalue weighted by Gasteiger charge is -2.16. The van der Waals surface area contributed by atoms with Crippen LogP contribution < -0.4 is 15.2 Å². The molecule has 6 nitrogen and oxygen atoms in total. The molecule has 0 aliphatic carbocycles. The van der Waals surface area contributed by atoms with Crippen LogP contribution in [-0.2, 0) is 17.2 Å². The van der Waals surface area contributed by atoms with Crippen LogP contribution in [0.1, 0.15) is 27.0 Å². The van der Waals surface area contributed by atoms with Crippen LogP contribution in [0.5, 0.6) is 11.5 Å². The first-order valence-electron chi connectivity index (χ1n) is 7.70. The fraction of sp³-hybridized carbons (Fsp3) is 0.176. The van der Waals surface area contributed by atoms with Gasteiger partial charge in [-0.05, 0) is 30.3 Å². The third-order valence-corrected chi connectivity index (χ3v) is 3.77. The van der Waals surface area contributed by atoms with Gasteiger partial charge >= 0.3 is 18.3 Å². The molecule has 154 valence electrons. The van der Waals surface area contributed by atoms with E-state index >= 15 is 0 Å². The minimum absolute atomic E-state index is 0.0424. The highest BCUT2D eigenvalue weighted by atomic mass is 19.4. The number of hydrogen-bond donors (Lipinski definition) is 1. The fourth-order valence-corrected chi connectivity index (χ4v) is 2.49. The maximum absolute atomic E-state index is 13.1. The first kappa shape index (κ1) is 20.3. The van der Waals surface area contributed by atoms with Crippen LogP contribution in [0.25, 0.3) is 0 Å². The van der Waals surface area contributed by atoms with Gasteiger partial charge in [0.1, 0.15) is 0 Å². The number of halogens is 6. The van der Waals surface area contributed by atoms with E-state index in [1.807, 2.05) is 0 Å². The molecule has 3 rings (SSSR count). The Hall–Kier alpha value is -3.44. The van der Waals surface area contributed by atoms with Crippen LogP contribution >= 0.6 is 0 Å². The molecule has 0 spiro atoms. The molecule has 0 amide bonds. The molecule has 2 N–H and O–H groups in total. The average molecular weight is 420 g/mol. The van der Waals surface area contributed by atoms with E-state index in [2.05, 4.69) is 9.99 Å². The van der Waals surface area contributed by atoms with E-state index in [9.17, 15) is 31.1 Å². The molecule has 0 unspecified atom stereocenters. The standard InChI is InChI=1S/C17H10F6N2O4/c18-16(19,20)9-2-1-3-10(17(21,22)23)13(9)15(26)29-25-14(24)8-4-5-11-12(6-8)28-7-27-11/h1-6H,7H2,(H2,24,25). The Balaban J connectivity index is 1.93. The second-order valence-electron chi connectivity index (χ2n) is 5.65. The topological polar surface area (TPSA) is 83.1 Å². The smallest absolute Gasteiger partial charge is 0.417 e. The van der Waals surface area contributed by atoms with Crippen molar-refractivity contribution in [1.29, 1.82) is 0 Å². The lowest BCUT2D eigenvalue weighted by Crippen LogP contribution is -2.21. The second-order valence-corrected chi connectivity index (χ2v) is 5.65. The van der Waals surface area contributed by atoms with Crippen molar-refractivity contribution in [2.45, 2.75) is 12.4 Å². The monoisotopic (exact) mass is 420 g/mol. The predicted octanol–water partition coefficient (Wildman–Crippen LogP) is 3.93. The third kappa shape index (κ3) is 4.20. The number of benzene rings is 2. The summed E-state index contributed by atoms with van der Waals surface area (Å²) in [5, 5.41) is 3.16. The Labute approximate surface area is 158 Å². The van der Waals surface area contributed by atoms with Crippen molar-refractivity contribution in [3.8, 4) is 11.5 Å². The van der Waals surface area contributed by atoms with Gasteiger partial charge < -0.3 is 20.0 Å². The van der Waals surface area contributed by atoms with Gasteiger partial charge in [-0.2, -0.15) is 26.3 Å². The van der Waals surface area contributed by atoms with E-state index in [0.29, 0.717) is 23.9 Å². The Kier molecular flexibility index (Phi) is 5.03. The molecule has 12 heteroatoms. The van der Waals surface area contributed by atoms with Crippen LogP contribution in [0.3, 0.4) is 0 Å². The summed E-state index contributed by atoms with van der Waals surface area (Å²) in [5.41, 5.74) is 0.401. The molecule has 2 aromatic carbocycles. The molecular weight excluding hydrogens is 410 g/mol. The Morgan fingerprint density at radius 1 is 0.966 bits per heavy atom. The van der Waals surface area contributed by atoms with Gasteiger partial charge in [0.2, 0.25) is 6.79 Å². The van der Waals surface area contributed by atoms with Gasteiger partial charge in [0.25, 0.3) is 0 Å². The van der Waals surface area contributed by atoms with Crippen molar-refractivity contribution in [2.24, 2.45) is 10.9 Å². The van der Waals surface area contributed by atoms with E-state index in [1.165, 1.54) is 18.2 Å². The lowest BCUT2D eigenvalue weighted by atomic mass is 10.00. The maximum Gasteiger partial charge on any atom is 0.417 e. The van der Waals surface area contributed by atoms with Gasteiger partial charge in [-0.15, -0.1) is 0 Å². The van der Waals surface area contributed by atoms with Gasteiger partial charge in [-0.1, -0.05) is 11.2 Å². The summed E-state index contributed by atoms with van der Waals surface area (Å²) in [6.45, 7) is -0.0424. The zero-order valence-electron chi connectivity index (χ0n) is 14.1. The quantitative estimate of drug-likeness (QED) is 0.268. The maximum atomic E-state index is 13.1. The van der Waals surface area contributed by atoms with Crippen LogP contribution in [-0.4, -0.2) is 18.6 Å². The molecule has 0 saturated heterocycles. The van der Waals surface area contributed by atoms with Crippen LogP contribution in [0.4, 0.5) is 26.3 Å². The van der Waals surface area contributed by atoms with Gasteiger partial charge in [-0.3, -0.25) is 0 Å². The number of carbonyl (C=O) groups is 1. The summed E-state index contributed by atoms with van der Waals surface area (Å²) in [4.78, 5) is 16.4. The molecule has 1 aliphatic rings. The summed E-state index contributed by atoms with van der Waals surface area (Å²) in [7, 11) is 0. The first-order valence-corrected chi connectivity index (χ1v) is 7.70. The number of fused-ring (bicyclic) bond motifs is 1. The summed E-state index contributed by atoms with van der Waals surface area (Å²) >= 11 is 0. The number of amidine groups is 1. The predicted molar refractivity (Wildman–Crippen MR) is 85.2 cm³/mol. The fourth-order valence-electron chi connectivity index (χ4n) is 2.49. The van der Waals surface area contributed by atoms with Crippen LogP contribution in [0, 0.1) is 0 Å². The number of nitrogens with two attached hydrogens (primary N) is 1. The number of ether oxygens (including phenoxy) is 2. The molecule has 29 heavy (non-hydrogen) atoms. The highest BCUT2D eigenvalue weighted by Crippen LogP contribution is 2.39. The summed E-state index contributed by atoms with van der Waals surface area (Å²) in [5.74, 6) is -1.76. The van der Waals surface area contributed by atoms with Crippen molar-refractivity contribution >= 4 is 11.8 Å². The average Bonchev–Trinajstić information content (AvgIpc) is 3.11. The highest BCUT2D eigenvalue weighted by Gasteiger charge is 2.43. The normalized spacial score (nSPS) is 14.1. The molecule has 0 radical (unpaired) electrons. The van der Waals surface area contributed by atoms with E-state index in [0.717, 1.165) is 0 Å². The molecule has 0 atom stereocenters. The van der Waals surface area contributed by atoms with Crippen molar-refractivity contribution in [3.05, 3.63) is 58.7 Å². The van der Waals surface area contributed by atoms with Gasteiger partial charge in [0, 0.05) is 5.56 Å². The molecule has 2 aromatic rings. The van der Waals surface area contributed by atoms with Crippen molar-refractivity contribution in [1.82, 2.24) is 0 Å². The van der Waals surface area contributed by atoms with Crippen LogP contribution in [0.15, 0.2) is 41.6 Å². The lowest BCUT2D eigenvalue weighted by molar-refractivity contribution is -0.144. The number of carbonyl (C=O) groups excluding carboxylic acids is 1. The van der Waals surface area contributed by atoms with Crippen LogP contribution in [0.2, 0.25) is 0 Å². The number of nitrogens with zero attached hydrogens (tertiary/aromatic N) is 1. The molecule has 1 aliphatic heterocycles. The number of alkyl halides is 6. The summed E-state index contributed by atoms with van der Waals surface area (Å²) < 4.78 is 88.8. The SMILES string of the molecule is N/C(=N\OC(=O)c1c(C(F)(F)F)cccc1C(F)(F)F)c1ccc2c(c1)OCO2. The Bertz CT molecular complexity index is 953. The zero-order chi connectivity index (χ0) is 21.4. The highest BCUT2D eigenvalue weighted by molar-refractivity contribution is 5.99. The van der Waals surface area contributed by atoms with E-state index in [1.54, 1.807) is 0 Å². The third-order valence-electron chi connectivity index (χ3n) is 3.77. The molecule has 0 saturated carbocycles. The van der Waals surface area contributed by atoms with E-state index in [4.69, 9.17) is 15.2 Å². The largest absolute Gasteiger partial charge is 0.454 e. The van der Waals surface area contributed by atoms with Gasteiger partial charge in [-0.25, -0.2) is 4.79 Å². The number of rotatable bonds is 3. The minimum Gasteiger partial charge on any atom is -0.454 e. The molecular formula is C17H10F6N2O4. The first-order chi connectivity index (χ1) is 13.5. The minimum atomic E-state index is -5.23. The summed E-state index contributed by atoms with van der Waals surface area (Å²) in [6, 6.07) is 5.37. The van der Waals surface area contributed by atoms with Gasteiger partial charge in [0.05, 0.1) is 16.7 Å². The van der Waals surface area contributed by atoms with Gasteiger partial charge in [0.15, 0.2) is 17.3 Å². The van der Waals surface area contributed by atoms with E-state index in [-0.39, 0.29) is 18.1 Å². The molecule has 0 aromatic heterocycles. The van der Waals surface area contributed by atoms with Crippen molar-refractivity contribution < 1.29 is 45.4 Å². The second kappa shape index (κ2) is 7.18. The van der Waals surface area contributed by atoms with Crippen molar-refractivity contribution in [3.63, 3.8) is 0 Å². The summed E-state index contributed by atoms with van der Waals surface area (Å²) in [6.07, 6.45) is -10.5. The molecule has 0 bridgehead atoms. The van der Waals surface area contributed by atoms with Crippen molar-refractivity contribution in [2.75, 3.05) is 6.79 Å². The Morgan fingerprint density at radius 3 is 2.14 bits per heavy atom.